The smallest absolute Gasteiger partial charge is 0.319 e. The van der Waals surface area contributed by atoms with Crippen LogP contribution in [0.3, 0.4) is 0 Å². The Hall–Kier alpha value is -2.89. The fraction of sp³-hybridized carbons (Fsp3) is 0.409. The van der Waals surface area contributed by atoms with E-state index in [0.29, 0.717) is 0 Å². The minimum absolute atomic E-state index is 0.157. The van der Waals surface area contributed by atoms with Crippen molar-refractivity contribution in [3.63, 3.8) is 0 Å². The normalized spacial score (nSPS) is 15.1. The molecule has 1 heterocycles. The van der Waals surface area contributed by atoms with E-state index in [-0.39, 0.29) is 12.1 Å². The van der Waals surface area contributed by atoms with Gasteiger partial charge >= 0.3 is 6.03 Å². The van der Waals surface area contributed by atoms with Gasteiger partial charge in [-0.25, -0.2) is 4.79 Å². The summed E-state index contributed by atoms with van der Waals surface area (Å²) in [7, 11) is 1.69. The summed E-state index contributed by atoms with van der Waals surface area (Å²) < 4.78 is 5.23. The van der Waals surface area contributed by atoms with Gasteiger partial charge in [0, 0.05) is 49.3 Å². The van der Waals surface area contributed by atoms with Crippen LogP contribution in [0.5, 0.6) is 5.75 Å². The largest absolute Gasteiger partial charge is 0.497 e. The number of carbonyl (C=O) groups excluding carboxylic acids is 1. The molecule has 0 radical (unpaired) electrons. The fourth-order valence-electron chi connectivity index (χ4n) is 3.26. The molecule has 1 fully saturated rings. The van der Waals surface area contributed by atoms with Gasteiger partial charge in [0.15, 0.2) is 0 Å². The van der Waals surface area contributed by atoms with Crippen molar-refractivity contribution in [2.75, 3.05) is 48.4 Å². The molecule has 0 aromatic heterocycles. The van der Waals surface area contributed by atoms with Crippen molar-refractivity contribution < 1.29 is 9.53 Å². The Morgan fingerprint density at radius 3 is 1.93 bits per heavy atom. The van der Waals surface area contributed by atoms with E-state index >= 15 is 0 Å². The lowest BCUT2D eigenvalue weighted by atomic mass is 10.2. The lowest BCUT2D eigenvalue weighted by Gasteiger charge is -2.37. The number of anilines is 3. The Morgan fingerprint density at radius 2 is 1.46 bits per heavy atom. The van der Waals surface area contributed by atoms with Crippen LogP contribution in [-0.2, 0) is 0 Å². The van der Waals surface area contributed by atoms with E-state index in [2.05, 4.69) is 44.7 Å². The summed E-state index contributed by atoms with van der Waals surface area (Å²) >= 11 is 0. The first-order valence-corrected chi connectivity index (χ1v) is 9.90. The second-order valence-electron chi connectivity index (χ2n) is 7.13. The van der Waals surface area contributed by atoms with E-state index in [0.717, 1.165) is 44.0 Å². The van der Waals surface area contributed by atoms with Crippen LogP contribution in [0, 0.1) is 0 Å². The van der Waals surface area contributed by atoms with Crippen LogP contribution in [0.1, 0.15) is 20.3 Å². The van der Waals surface area contributed by atoms with Crippen molar-refractivity contribution in [3.05, 3.63) is 48.5 Å². The molecule has 28 heavy (non-hydrogen) atoms. The molecule has 2 amide bonds. The molecule has 2 aromatic carbocycles. The number of ether oxygens (including phenoxy) is 1. The zero-order valence-corrected chi connectivity index (χ0v) is 16.9. The van der Waals surface area contributed by atoms with Gasteiger partial charge in [-0.3, -0.25) is 0 Å². The second kappa shape index (κ2) is 9.35. The predicted octanol–water partition coefficient (Wildman–Crippen LogP) is 3.94. The zero-order valence-electron chi connectivity index (χ0n) is 16.9. The van der Waals surface area contributed by atoms with E-state index in [4.69, 9.17) is 4.74 Å². The Labute approximate surface area is 167 Å². The van der Waals surface area contributed by atoms with Gasteiger partial charge in [0.05, 0.1) is 7.11 Å². The van der Waals surface area contributed by atoms with Gasteiger partial charge in [-0.15, -0.1) is 0 Å². The van der Waals surface area contributed by atoms with Crippen molar-refractivity contribution in [2.24, 2.45) is 0 Å². The Kier molecular flexibility index (Phi) is 6.63. The molecule has 2 N–H and O–H groups in total. The van der Waals surface area contributed by atoms with Gasteiger partial charge in [-0.05, 0) is 61.9 Å². The van der Waals surface area contributed by atoms with Crippen LogP contribution in [0.15, 0.2) is 48.5 Å². The molecule has 150 valence electrons. The van der Waals surface area contributed by atoms with Gasteiger partial charge in [0.2, 0.25) is 0 Å². The first-order chi connectivity index (χ1) is 13.6. The summed E-state index contributed by atoms with van der Waals surface area (Å²) in [5.74, 6) is 0.883. The minimum Gasteiger partial charge on any atom is -0.497 e. The number of hydrogen-bond donors (Lipinski definition) is 2. The van der Waals surface area contributed by atoms with Crippen molar-refractivity contribution in [1.82, 2.24) is 5.32 Å². The monoisotopic (exact) mass is 382 g/mol. The molecule has 1 aliphatic heterocycles. The quantitative estimate of drug-likeness (QED) is 0.794. The molecule has 3 rings (SSSR count). The molecule has 2 aromatic rings. The molecule has 1 atom stereocenters. The van der Waals surface area contributed by atoms with Gasteiger partial charge in [0.25, 0.3) is 0 Å². The molecule has 0 aliphatic carbocycles. The molecular weight excluding hydrogens is 352 g/mol. The number of methoxy groups -OCH3 is 1. The van der Waals surface area contributed by atoms with Crippen LogP contribution in [0.2, 0.25) is 0 Å². The van der Waals surface area contributed by atoms with Crippen LogP contribution in [0.25, 0.3) is 0 Å². The van der Waals surface area contributed by atoms with E-state index in [9.17, 15) is 4.79 Å². The van der Waals surface area contributed by atoms with E-state index in [1.165, 1.54) is 11.4 Å². The molecular formula is C22H30N4O2. The third kappa shape index (κ3) is 5.09. The predicted molar refractivity (Wildman–Crippen MR) is 116 cm³/mol. The van der Waals surface area contributed by atoms with Crippen LogP contribution >= 0.6 is 0 Å². The van der Waals surface area contributed by atoms with Gasteiger partial charge < -0.3 is 25.2 Å². The zero-order chi connectivity index (χ0) is 19.9. The maximum absolute atomic E-state index is 11.9. The number of nitrogens with zero attached hydrogens (tertiary/aromatic N) is 2. The third-order valence-electron chi connectivity index (χ3n) is 5.20. The SMILES string of the molecule is CCC(C)NC(=O)Nc1ccc(N2CCN(c3ccc(OC)cc3)CC2)cc1. The first kappa shape index (κ1) is 19.9. The van der Waals surface area contributed by atoms with Crippen LogP contribution in [-0.4, -0.2) is 45.4 Å². The fourth-order valence-corrected chi connectivity index (χ4v) is 3.26. The molecule has 1 unspecified atom stereocenters. The second-order valence-corrected chi connectivity index (χ2v) is 7.13. The molecule has 6 heteroatoms. The van der Waals surface area contributed by atoms with E-state index in [1.807, 2.05) is 38.1 Å². The molecule has 0 spiro atoms. The number of carbonyl (C=O) groups is 1. The van der Waals surface area contributed by atoms with Gasteiger partial charge in [0.1, 0.15) is 5.75 Å². The summed E-state index contributed by atoms with van der Waals surface area (Å²) in [6, 6.07) is 16.3. The summed E-state index contributed by atoms with van der Waals surface area (Å²) in [6.07, 6.45) is 0.912. The third-order valence-corrected chi connectivity index (χ3v) is 5.20. The Bertz CT molecular complexity index is 753. The van der Waals surface area contributed by atoms with Gasteiger partial charge in [-0.2, -0.15) is 0 Å². The Balaban J connectivity index is 1.52. The maximum atomic E-state index is 11.9. The molecule has 6 nitrogen and oxygen atoms in total. The summed E-state index contributed by atoms with van der Waals surface area (Å²) in [4.78, 5) is 16.7. The molecule has 1 saturated heterocycles. The lowest BCUT2D eigenvalue weighted by Crippen LogP contribution is -2.46. The van der Waals surface area contributed by atoms with Crippen molar-refractivity contribution in [1.29, 1.82) is 0 Å². The number of hydrogen-bond acceptors (Lipinski definition) is 4. The van der Waals surface area contributed by atoms with Gasteiger partial charge in [-0.1, -0.05) is 6.92 Å². The summed E-state index contributed by atoms with van der Waals surface area (Å²) in [5.41, 5.74) is 3.22. The number of amides is 2. The highest BCUT2D eigenvalue weighted by Gasteiger charge is 2.17. The average Bonchev–Trinajstić information content (AvgIpc) is 2.74. The van der Waals surface area contributed by atoms with Crippen molar-refractivity contribution in [3.8, 4) is 5.75 Å². The highest BCUT2D eigenvalue weighted by molar-refractivity contribution is 5.89. The lowest BCUT2D eigenvalue weighted by molar-refractivity contribution is 0.249. The molecule has 0 bridgehead atoms. The first-order valence-electron chi connectivity index (χ1n) is 9.90. The highest BCUT2D eigenvalue weighted by Crippen LogP contribution is 2.23. The van der Waals surface area contributed by atoms with Crippen molar-refractivity contribution >= 4 is 23.1 Å². The van der Waals surface area contributed by atoms with Crippen LogP contribution < -0.4 is 25.2 Å². The average molecular weight is 383 g/mol. The highest BCUT2D eigenvalue weighted by atomic mass is 16.5. The standard InChI is InChI=1S/C22H30N4O2/c1-4-17(2)23-22(27)24-18-5-7-19(8-6-18)25-13-15-26(16-14-25)20-9-11-21(28-3)12-10-20/h5-12,17H,4,13-16H2,1-3H3,(H2,23,24,27). The maximum Gasteiger partial charge on any atom is 0.319 e. The van der Waals surface area contributed by atoms with Crippen molar-refractivity contribution in [2.45, 2.75) is 26.3 Å². The summed E-state index contributed by atoms with van der Waals surface area (Å²) in [6.45, 7) is 7.93. The summed E-state index contributed by atoms with van der Waals surface area (Å²) in [5, 5.41) is 5.80. The number of nitrogens with one attached hydrogen (secondary N) is 2. The van der Waals surface area contributed by atoms with E-state index in [1.54, 1.807) is 7.11 Å². The molecule has 0 saturated carbocycles. The topological polar surface area (TPSA) is 56.8 Å². The van der Waals surface area contributed by atoms with E-state index < -0.39 is 0 Å². The minimum atomic E-state index is -0.157. The number of piperazine rings is 1. The molecule has 1 aliphatic rings. The number of benzene rings is 2. The van der Waals surface area contributed by atoms with Crippen LogP contribution in [0.4, 0.5) is 21.9 Å². The number of urea groups is 1. The number of rotatable bonds is 6. The Morgan fingerprint density at radius 1 is 0.964 bits per heavy atom.